The lowest BCUT2D eigenvalue weighted by atomic mass is 9.92. The summed E-state index contributed by atoms with van der Waals surface area (Å²) in [5.41, 5.74) is 0.671. The predicted molar refractivity (Wildman–Crippen MR) is 95.1 cm³/mol. The number of carbonyl (C=O) groups is 3. The SMILES string of the molecule is COC(=O)c1ccc(C(C)(C)NC(=O)C2CC(=O)NC(C3CC3)N2)cc1. The van der Waals surface area contributed by atoms with Gasteiger partial charge in [0.2, 0.25) is 11.8 Å². The van der Waals surface area contributed by atoms with Gasteiger partial charge in [-0.25, -0.2) is 4.79 Å². The largest absolute Gasteiger partial charge is 0.465 e. The number of esters is 1. The molecule has 0 aromatic heterocycles. The van der Waals surface area contributed by atoms with Crippen LogP contribution in [0.3, 0.4) is 0 Å². The van der Waals surface area contributed by atoms with Crippen LogP contribution >= 0.6 is 0 Å². The summed E-state index contributed by atoms with van der Waals surface area (Å²) >= 11 is 0. The fourth-order valence-electron chi connectivity index (χ4n) is 3.20. The Morgan fingerprint density at radius 1 is 1.19 bits per heavy atom. The van der Waals surface area contributed by atoms with E-state index in [2.05, 4.69) is 16.0 Å². The Balaban J connectivity index is 1.66. The first-order valence-corrected chi connectivity index (χ1v) is 8.86. The van der Waals surface area contributed by atoms with Gasteiger partial charge in [0, 0.05) is 0 Å². The number of hydrogen-bond acceptors (Lipinski definition) is 5. The Hall–Kier alpha value is -2.41. The lowest BCUT2D eigenvalue weighted by Gasteiger charge is -2.34. The molecule has 0 bridgehead atoms. The van der Waals surface area contributed by atoms with Gasteiger partial charge >= 0.3 is 5.97 Å². The van der Waals surface area contributed by atoms with Gasteiger partial charge in [-0.15, -0.1) is 0 Å². The Bertz CT molecular complexity index is 710. The van der Waals surface area contributed by atoms with Gasteiger partial charge in [0.1, 0.15) is 0 Å². The van der Waals surface area contributed by atoms with Crippen molar-refractivity contribution in [3.8, 4) is 0 Å². The molecule has 1 aliphatic heterocycles. The van der Waals surface area contributed by atoms with Gasteiger partial charge in [0.15, 0.2) is 0 Å². The zero-order valence-electron chi connectivity index (χ0n) is 15.3. The average molecular weight is 359 g/mol. The van der Waals surface area contributed by atoms with E-state index in [1.165, 1.54) is 7.11 Å². The minimum atomic E-state index is -0.642. The van der Waals surface area contributed by atoms with Gasteiger partial charge < -0.3 is 15.4 Å². The molecule has 3 N–H and O–H groups in total. The summed E-state index contributed by atoms with van der Waals surface area (Å²) in [6, 6.07) is 6.39. The normalized spacial score (nSPS) is 23.1. The van der Waals surface area contributed by atoms with Crippen molar-refractivity contribution >= 4 is 17.8 Å². The molecule has 7 heteroatoms. The monoisotopic (exact) mass is 359 g/mol. The van der Waals surface area contributed by atoms with Crippen LogP contribution in [-0.4, -0.2) is 37.1 Å². The maximum absolute atomic E-state index is 12.7. The van der Waals surface area contributed by atoms with Crippen molar-refractivity contribution < 1.29 is 19.1 Å². The number of ether oxygens (including phenoxy) is 1. The summed E-state index contributed by atoms with van der Waals surface area (Å²) < 4.78 is 4.70. The Morgan fingerprint density at radius 2 is 1.85 bits per heavy atom. The molecule has 1 saturated carbocycles. The van der Waals surface area contributed by atoms with Crippen LogP contribution in [-0.2, 0) is 19.9 Å². The summed E-state index contributed by atoms with van der Waals surface area (Å²) in [6.45, 7) is 3.78. The minimum Gasteiger partial charge on any atom is -0.465 e. The van der Waals surface area contributed by atoms with Crippen LogP contribution in [0.15, 0.2) is 24.3 Å². The molecule has 140 valence electrons. The van der Waals surface area contributed by atoms with Gasteiger partial charge in [0.05, 0.1) is 36.8 Å². The lowest BCUT2D eigenvalue weighted by molar-refractivity contribution is -0.133. The van der Waals surface area contributed by atoms with E-state index in [0.717, 1.165) is 18.4 Å². The third-order valence-electron chi connectivity index (χ3n) is 4.96. The van der Waals surface area contributed by atoms with E-state index in [1.54, 1.807) is 24.3 Å². The molecule has 1 aliphatic carbocycles. The fourth-order valence-corrected chi connectivity index (χ4v) is 3.20. The zero-order chi connectivity index (χ0) is 18.9. The molecule has 7 nitrogen and oxygen atoms in total. The highest BCUT2D eigenvalue weighted by molar-refractivity contribution is 5.90. The standard InChI is InChI=1S/C19H25N3O4/c1-19(2,13-8-6-12(7-9-13)18(25)26-3)22-17(24)14-10-15(23)21-16(20-14)11-4-5-11/h6-9,11,14,16,20H,4-5,10H2,1-3H3,(H,21,23)(H,22,24). The van der Waals surface area contributed by atoms with Crippen LogP contribution < -0.4 is 16.0 Å². The van der Waals surface area contributed by atoms with Crippen LogP contribution in [0.4, 0.5) is 0 Å². The quantitative estimate of drug-likeness (QED) is 0.683. The molecule has 0 radical (unpaired) electrons. The first-order valence-electron chi connectivity index (χ1n) is 8.86. The van der Waals surface area contributed by atoms with Gasteiger partial charge in [-0.1, -0.05) is 12.1 Å². The maximum atomic E-state index is 12.7. The molecule has 2 atom stereocenters. The van der Waals surface area contributed by atoms with E-state index in [0.29, 0.717) is 11.5 Å². The molecule has 26 heavy (non-hydrogen) atoms. The Labute approximate surface area is 152 Å². The molecule has 2 amide bonds. The number of carbonyl (C=O) groups excluding carboxylic acids is 3. The van der Waals surface area contributed by atoms with E-state index < -0.39 is 17.6 Å². The molecule has 2 unspecified atom stereocenters. The molecule has 1 saturated heterocycles. The van der Waals surface area contributed by atoms with Gasteiger partial charge in [0.25, 0.3) is 0 Å². The molecule has 1 aromatic rings. The Kier molecular flexibility index (Phi) is 5.00. The van der Waals surface area contributed by atoms with Crippen molar-refractivity contribution in [3.63, 3.8) is 0 Å². The van der Waals surface area contributed by atoms with Crippen LogP contribution in [0.1, 0.15) is 49.0 Å². The second-order valence-corrected chi connectivity index (χ2v) is 7.49. The van der Waals surface area contributed by atoms with Gasteiger partial charge in [-0.3, -0.25) is 14.9 Å². The topological polar surface area (TPSA) is 96.5 Å². The van der Waals surface area contributed by atoms with E-state index in [4.69, 9.17) is 4.74 Å². The number of benzene rings is 1. The Morgan fingerprint density at radius 3 is 2.42 bits per heavy atom. The van der Waals surface area contributed by atoms with Gasteiger partial charge in [-0.05, 0) is 50.3 Å². The van der Waals surface area contributed by atoms with Crippen molar-refractivity contribution in [2.75, 3.05) is 7.11 Å². The van der Waals surface area contributed by atoms with E-state index in [1.807, 2.05) is 13.8 Å². The summed E-state index contributed by atoms with van der Waals surface area (Å²) in [6.07, 6.45) is 2.16. The first-order chi connectivity index (χ1) is 12.3. The van der Waals surface area contributed by atoms with E-state index >= 15 is 0 Å². The third-order valence-corrected chi connectivity index (χ3v) is 4.96. The molecule has 1 heterocycles. The first kappa shape index (κ1) is 18.4. The summed E-state index contributed by atoms with van der Waals surface area (Å²) in [5, 5.41) is 9.16. The second kappa shape index (κ2) is 7.07. The summed E-state index contributed by atoms with van der Waals surface area (Å²) in [4.78, 5) is 36.2. The van der Waals surface area contributed by atoms with Crippen molar-refractivity contribution in [3.05, 3.63) is 35.4 Å². The number of rotatable bonds is 5. The summed E-state index contributed by atoms with van der Waals surface area (Å²) in [7, 11) is 1.34. The highest BCUT2D eigenvalue weighted by Crippen LogP contribution is 2.32. The number of nitrogens with one attached hydrogen (secondary N) is 3. The van der Waals surface area contributed by atoms with Crippen molar-refractivity contribution in [2.24, 2.45) is 5.92 Å². The van der Waals surface area contributed by atoms with E-state index in [-0.39, 0.29) is 24.4 Å². The van der Waals surface area contributed by atoms with E-state index in [9.17, 15) is 14.4 Å². The molecular weight excluding hydrogens is 334 g/mol. The van der Waals surface area contributed by atoms with Crippen LogP contribution in [0.5, 0.6) is 0 Å². The molecular formula is C19H25N3O4. The van der Waals surface area contributed by atoms with Crippen molar-refractivity contribution in [1.82, 2.24) is 16.0 Å². The molecule has 3 rings (SSSR count). The van der Waals surface area contributed by atoms with Crippen LogP contribution in [0.25, 0.3) is 0 Å². The highest BCUT2D eigenvalue weighted by Gasteiger charge is 2.40. The molecule has 0 spiro atoms. The summed E-state index contributed by atoms with van der Waals surface area (Å²) in [5.74, 6) is -0.274. The molecule has 2 aliphatic rings. The number of hydrogen-bond donors (Lipinski definition) is 3. The lowest BCUT2D eigenvalue weighted by Crippen LogP contribution is -2.62. The zero-order valence-corrected chi connectivity index (χ0v) is 15.3. The highest BCUT2D eigenvalue weighted by atomic mass is 16.5. The molecule has 1 aromatic carbocycles. The predicted octanol–water partition coefficient (Wildman–Crippen LogP) is 1.04. The fraction of sp³-hybridized carbons (Fsp3) is 0.526. The third kappa shape index (κ3) is 4.04. The van der Waals surface area contributed by atoms with Crippen molar-refractivity contribution in [2.45, 2.75) is 50.9 Å². The van der Waals surface area contributed by atoms with Crippen molar-refractivity contribution in [1.29, 1.82) is 0 Å². The number of amides is 2. The molecule has 2 fully saturated rings. The van der Waals surface area contributed by atoms with Crippen LogP contribution in [0, 0.1) is 5.92 Å². The maximum Gasteiger partial charge on any atom is 0.337 e. The van der Waals surface area contributed by atoms with Crippen LogP contribution in [0.2, 0.25) is 0 Å². The average Bonchev–Trinajstić information content (AvgIpc) is 3.45. The second-order valence-electron chi connectivity index (χ2n) is 7.49. The number of methoxy groups -OCH3 is 1. The minimum absolute atomic E-state index is 0.0963. The van der Waals surface area contributed by atoms with Gasteiger partial charge in [-0.2, -0.15) is 0 Å². The smallest absolute Gasteiger partial charge is 0.337 e.